The minimum atomic E-state index is -3.68. The van der Waals surface area contributed by atoms with Crippen LogP contribution in [0.25, 0.3) is 0 Å². The first-order valence-electron chi connectivity index (χ1n) is 10.2. The number of halogens is 1. The summed E-state index contributed by atoms with van der Waals surface area (Å²) < 4.78 is 44.8. The van der Waals surface area contributed by atoms with Crippen LogP contribution in [0.1, 0.15) is 35.6 Å². The van der Waals surface area contributed by atoms with Crippen molar-refractivity contribution < 1.29 is 18.1 Å². The molecule has 1 aromatic carbocycles. The van der Waals surface area contributed by atoms with E-state index in [1.807, 2.05) is 6.92 Å². The number of anilines is 1. The van der Waals surface area contributed by atoms with Crippen LogP contribution in [-0.2, 0) is 42.1 Å². The van der Waals surface area contributed by atoms with Crippen molar-refractivity contribution in [1.82, 2.24) is 14.5 Å². The standard InChI is InChI=1S/C20H24FN5O3S/c1-11-9-26-19(29-10-11)17(8-23-26)30(22,28)25-20(27)24-18-15-4-2-3-12(15)5-13-6-14(21)7-16(13)18/h5,8,11,14H,2-4,6-7,9-10H2,1H3,(H3,22,24,25,27,28)/t11-,14+,30+/m1/s1. The first-order valence-corrected chi connectivity index (χ1v) is 11.7. The predicted molar refractivity (Wildman–Crippen MR) is 109 cm³/mol. The summed E-state index contributed by atoms with van der Waals surface area (Å²) in [7, 11) is -3.68. The van der Waals surface area contributed by atoms with Gasteiger partial charge in [0.2, 0.25) is 5.88 Å². The molecule has 2 amide bonds. The number of nitrogens with one attached hydrogen (secondary N) is 3. The fourth-order valence-corrected chi connectivity index (χ4v) is 5.70. The molecule has 2 aliphatic carbocycles. The molecule has 0 bridgehead atoms. The monoisotopic (exact) mass is 433 g/mol. The average molecular weight is 434 g/mol. The number of urea groups is 1. The number of aryl methyl sites for hydroxylation is 1. The Hall–Kier alpha value is -2.62. The number of hydrogen-bond acceptors (Lipinski definition) is 5. The summed E-state index contributed by atoms with van der Waals surface area (Å²) in [6.07, 6.45) is 3.68. The molecular weight excluding hydrogens is 409 g/mol. The number of alkyl halides is 1. The van der Waals surface area contributed by atoms with Crippen molar-refractivity contribution in [2.75, 3.05) is 11.9 Å². The Morgan fingerprint density at radius 2 is 2.17 bits per heavy atom. The van der Waals surface area contributed by atoms with E-state index in [1.165, 1.54) is 6.20 Å². The number of hydrogen-bond donors (Lipinski definition) is 3. The molecule has 10 heteroatoms. The highest BCUT2D eigenvalue weighted by molar-refractivity contribution is 7.91. The number of rotatable bonds is 3. The lowest BCUT2D eigenvalue weighted by atomic mass is 9.99. The van der Waals surface area contributed by atoms with Crippen molar-refractivity contribution in [2.45, 2.75) is 56.6 Å². The second-order valence-electron chi connectivity index (χ2n) is 8.41. The first kappa shape index (κ1) is 19.3. The van der Waals surface area contributed by atoms with Gasteiger partial charge >= 0.3 is 6.03 Å². The number of benzene rings is 1. The molecule has 0 fully saturated rings. The number of amides is 2. The van der Waals surface area contributed by atoms with Gasteiger partial charge in [-0.1, -0.05) is 13.0 Å². The minimum Gasteiger partial charge on any atom is -0.477 e. The number of fused-ring (bicyclic) bond motifs is 3. The Balaban J connectivity index is 1.40. The number of carbonyl (C=O) groups is 1. The van der Waals surface area contributed by atoms with Crippen LogP contribution in [0.5, 0.6) is 5.88 Å². The van der Waals surface area contributed by atoms with Crippen LogP contribution in [-0.4, -0.2) is 32.8 Å². The van der Waals surface area contributed by atoms with E-state index in [2.05, 4.69) is 21.2 Å². The molecule has 8 nitrogen and oxygen atoms in total. The van der Waals surface area contributed by atoms with Gasteiger partial charge in [-0.2, -0.15) is 5.10 Å². The van der Waals surface area contributed by atoms with E-state index in [1.54, 1.807) is 4.68 Å². The second-order valence-corrected chi connectivity index (χ2v) is 10.2. The summed E-state index contributed by atoms with van der Waals surface area (Å²) >= 11 is 0. The molecule has 2 aromatic rings. The highest BCUT2D eigenvalue weighted by Crippen LogP contribution is 2.39. The second kappa shape index (κ2) is 6.97. The fourth-order valence-electron chi connectivity index (χ4n) is 4.67. The van der Waals surface area contributed by atoms with E-state index >= 15 is 0 Å². The summed E-state index contributed by atoms with van der Waals surface area (Å²) in [6, 6.07) is 1.31. The Morgan fingerprint density at radius 3 is 3.00 bits per heavy atom. The highest BCUT2D eigenvalue weighted by atomic mass is 32.2. The molecular formula is C20H24FN5O3S. The summed E-state index contributed by atoms with van der Waals surface area (Å²) in [5.74, 6) is 0.514. The van der Waals surface area contributed by atoms with Gasteiger partial charge in [0.1, 0.15) is 11.1 Å². The third-order valence-corrected chi connectivity index (χ3v) is 7.37. The zero-order chi connectivity index (χ0) is 21.0. The lowest BCUT2D eigenvalue weighted by Gasteiger charge is -2.22. The molecule has 0 radical (unpaired) electrons. The molecule has 0 saturated heterocycles. The zero-order valence-corrected chi connectivity index (χ0v) is 17.5. The van der Waals surface area contributed by atoms with Gasteiger partial charge < -0.3 is 10.1 Å². The number of aromatic nitrogens is 2. The van der Waals surface area contributed by atoms with E-state index in [0.29, 0.717) is 25.3 Å². The van der Waals surface area contributed by atoms with Crippen LogP contribution in [0.4, 0.5) is 14.9 Å². The molecule has 3 atom stereocenters. The van der Waals surface area contributed by atoms with E-state index in [4.69, 9.17) is 9.52 Å². The van der Waals surface area contributed by atoms with Gasteiger partial charge in [0.25, 0.3) is 0 Å². The Bertz CT molecular complexity index is 1140. The molecule has 160 valence electrons. The molecule has 0 unspecified atom stereocenters. The Kier molecular flexibility index (Phi) is 4.49. The highest BCUT2D eigenvalue weighted by Gasteiger charge is 2.31. The van der Waals surface area contributed by atoms with E-state index < -0.39 is 22.1 Å². The maximum Gasteiger partial charge on any atom is 0.331 e. The van der Waals surface area contributed by atoms with Gasteiger partial charge in [-0.05, 0) is 41.5 Å². The molecule has 0 saturated carbocycles. The average Bonchev–Trinajstić information content (AvgIpc) is 3.37. The van der Waals surface area contributed by atoms with E-state index in [0.717, 1.165) is 41.5 Å². The molecule has 3 N–H and O–H groups in total. The van der Waals surface area contributed by atoms with Crippen LogP contribution in [0.3, 0.4) is 0 Å². The van der Waals surface area contributed by atoms with Crippen molar-refractivity contribution in [3.05, 3.63) is 34.5 Å². The molecule has 5 rings (SSSR count). The van der Waals surface area contributed by atoms with Crippen LogP contribution in [0, 0.1) is 10.7 Å². The molecule has 0 spiro atoms. The normalized spacial score (nSPS) is 23.7. The van der Waals surface area contributed by atoms with Crippen LogP contribution < -0.4 is 14.8 Å². The van der Waals surface area contributed by atoms with Crippen molar-refractivity contribution in [3.63, 3.8) is 0 Å². The largest absolute Gasteiger partial charge is 0.477 e. The quantitative estimate of drug-likeness (QED) is 0.691. The van der Waals surface area contributed by atoms with Gasteiger partial charge in [-0.25, -0.2) is 27.6 Å². The predicted octanol–water partition coefficient (Wildman–Crippen LogP) is 2.98. The fraction of sp³-hybridized carbons (Fsp3) is 0.500. The van der Waals surface area contributed by atoms with Gasteiger partial charge in [0.05, 0.1) is 19.3 Å². The maximum absolute atomic E-state index is 14.0. The number of nitrogens with zero attached hydrogens (tertiary/aromatic N) is 2. The summed E-state index contributed by atoms with van der Waals surface area (Å²) in [4.78, 5) is 12.8. The van der Waals surface area contributed by atoms with Gasteiger partial charge in [0, 0.05) is 24.4 Å². The third-order valence-electron chi connectivity index (χ3n) is 6.00. The summed E-state index contributed by atoms with van der Waals surface area (Å²) in [5, 5.41) is 6.93. The van der Waals surface area contributed by atoms with Gasteiger partial charge in [0.15, 0.2) is 9.92 Å². The van der Waals surface area contributed by atoms with Gasteiger partial charge in [-0.15, -0.1) is 0 Å². The zero-order valence-electron chi connectivity index (χ0n) is 16.7. The van der Waals surface area contributed by atoms with Crippen molar-refractivity contribution in [2.24, 2.45) is 5.92 Å². The molecule has 1 aromatic heterocycles. The van der Waals surface area contributed by atoms with Crippen molar-refractivity contribution >= 4 is 21.6 Å². The number of ether oxygens (including phenoxy) is 1. The van der Waals surface area contributed by atoms with E-state index in [9.17, 15) is 13.4 Å². The molecule has 1 aliphatic heterocycles. The summed E-state index contributed by atoms with van der Waals surface area (Å²) in [5.41, 5.74) is 4.52. The van der Waals surface area contributed by atoms with Crippen LogP contribution >= 0.6 is 0 Å². The van der Waals surface area contributed by atoms with Crippen molar-refractivity contribution in [1.29, 1.82) is 4.78 Å². The van der Waals surface area contributed by atoms with Crippen LogP contribution in [0.15, 0.2) is 17.2 Å². The lowest BCUT2D eigenvalue weighted by molar-refractivity contribution is 0.170. The topological polar surface area (TPSA) is 109 Å². The smallest absolute Gasteiger partial charge is 0.331 e. The molecule has 3 aliphatic rings. The Morgan fingerprint density at radius 1 is 1.33 bits per heavy atom. The van der Waals surface area contributed by atoms with Gasteiger partial charge in [-0.3, -0.25) is 0 Å². The number of carbonyl (C=O) groups excluding carboxylic acids is 1. The molecule has 30 heavy (non-hydrogen) atoms. The van der Waals surface area contributed by atoms with E-state index in [-0.39, 0.29) is 23.1 Å². The summed E-state index contributed by atoms with van der Waals surface area (Å²) in [6.45, 7) is 3.05. The Labute approximate surface area is 174 Å². The van der Waals surface area contributed by atoms with Crippen molar-refractivity contribution in [3.8, 4) is 5.88 Å². The third kappa shape index (κ3) is 3.23. The maximum atomic E-state index is 14.0. The lowest BCUT2D eigenvalue weighted by Crippen LogP contribution is -2.34. The first-order chi connectivity index (χ1) is 14.3. The molecule has 2 heterocycles. The van der Waals surface area contributed by atoms with Crippen LogP contribution in [0.2, 0.25) is 0 Å². The minimum absolute atomic E-state index is 0.0527. The SMILES string of the molecule is C[C@H]1COc2c([S@@](=N)(=O)NC(=O)Nc3c4c(cc5c3C[C@@H](F)C5)CCC4)cnn2C1.